The molecule has 3 aromatic rings. The van der Waals surface area contributed by atoms with Crippen LogP contribution in [0.4, 0.5) is 0 Å². The molecule has 0 fully saturated rings. The molecule has 1 aliphatic rings. The van der Waals surface area contributed by atoms with Crippen molar-refractivity contribution in [3.63, 3.8) is 0 Å². The van der Waals surface area contributed by atoms with Crippen molar-refractivity contribution < 1.29 is 9.53 Å². The molecule has 0 N–H and O–H groups in total. The minimum absolute atomic E-state index is 0.0206. The van der Waals surface area contributed by atoms with Crippen molar-refractivity contribution in [3.8, 4) is 11.4 Å². The standard InChI is InChI=1S/C18H16N4O2/c1-24-15-5-2-4-14(8-15)22-11-13(9-20-22)10-21-12-17-16(18(21)23)6-3-7-19-17/h2-9,11H,10,12H2,1H3. The monoisotopic (exact) mass is 320 g/mol. The van der Waals surface area contributed by atoms with E-state index in [-0.39, 0.29) is 5.91 Å². The van der Waals surface area contributed by atoms with Crippen LogP contribution in [0.25, 0.3) is 5.69 Å². The summed E-state index contributed by atoms with van der Waals surface area (Å²) in [7, 11) is 1.64. The molecular formula is C18H16N4O2. The Balaban J connectivity index is 1.53. The topological polar surface area (TPSA) is 60.2 Å². The molecule has 0 unspecified atom stereocenters. The number of carbonyl (C=O) groups excluding carboxylic acids is 1. The van der Waals surface area contributed by atoms with Crippen LogP contribution in [-0.2, 0) is 13.1 Å². The first-order valence-corrected chi connectivity index (χ1v) is 7.66. The molecule has 0 radical (unpaired) electrons. The summed E-state index contributed by atoms with van der Waals surface area (Å²) < 4.78 is 7.02. The van der Waals surface area contributed by atoms with Crippen LogP contribution >= 0.6 is 0 Å². The SMILES string of the molecule is COc1cccc(-n2cc(CN3Cc4ncccc4C3=O)cn2)c1. The molecule has 0 aliphatic carbocycles. The molecule has 0 spiro atoms. The third kappa shape index (κ3) is 2.52. The fourth-order valence-electron chi connectivity index (χ4n) is 2.87. The highest BCUT2D eigenvalue weighted by Crippen LogP contribution is 2.23. The second-order valence-electron chi connectivity index (χ2n) is 5.65. The molecule has 120 valence electrons. The zero-order chi connectivity index (χ0) is 16.5. The first kappa shape index (κ1) is 14.4. The number of methoxy groups -OCH3 is 1. The highest BCUT2D eigenvalue weighted by molar-refractivity contribution is 5.97. The largest absolute Gasteiger partial charge is 0.497 e. The number of fused-ring (bicyclic) bond motifs is 1. The van der Waals surface area contributed by atoms with Crippen LogP contribution in [0, 0.1) is 0 Å². The summed E-state index contributed by atoms with van der Waals surface area (Å²) in [5.74, 6) is 0.799. The smallest absolute Gasteiger partial charge is 0.256 e. The number of carbonyl (C=O) groups is 1. The zero-order valence-electron chi connectivity index (χ0n) is 13.2. The molecule has 4 rings (SSSR count). The van der Waals surface area contributed by atoms with E-state index in [1.54, 1.807) is 35.2 Å². The van der Waals surface area contributed by atoms with E-state index in [0.717, 1.165) is 22.7 Å². The highest BCUT2D eigenvalue weighted by atomic mass is 16.5. The minimum Gasteiger partial charge on any atom is -0.497 e. The van der Waals surface area contributed by atoms with Gasteiger partial charge in [0.1, 0.15) is 5.75 Å². The Morgan fingerprint density at radius 2 is 2.17 bits per heavy atom. The summed E-state index contributed by atoms with van der Waals surface area (Å²) >= 11 is 0. The highest BCUT2D eigenvalue weighted by Gasteiger charge is 2.28. The van der Waals surface area contributed by atoms with Gasteiger partial charge in [-0.2, -0.15) is 5.10 Å². The van der Waals surface area contributed by atoms with E-state index in [1.807, 2.05) is 36.5 Å². The molecule has 3 heterocycles. The predicted molar refractivity (Wildman–Crippen MR) is 87.9 cm³/mol. The second kappa shape index (κ2) is 5.81. The summed E-state index contributed by atoms with van der Waals surface area (Å²) in [6.45, 7) is 1.05. The van der Waals surface area contributed by atoms with Gasteiger partial charge in [0.2, 0.25) is 0 Å². The molecule has 2 aromatic heterocycles. The van der Waals surface area contributed by atoms with Gasteiger partial charge in [-0.3, -0.25) is 9.78 Å². The maximum absolute atomic E-state index is 12.4. The van der Waals surface area contributed by atoms with Gasteiger partial charge >= 0.3 is 0 Å². The van der Waals surface area contributed by atoms with E-state index < -0.39 is 0 Å². The number of ether oxygens (including phenoxy) is 1. The van der Waals surface area contributed by atoms with Crippen LogP contribution in [0.15, 0.2) is 55.0 Å². The van der Waals surface area contributed by atoms with Gasteiger partial charge in [0.05, 0.1) is 36.8 Å². The summed E-state index contributed by atoms with van der Waals surface area (Å²) in [6, 6.07) is 11.3. The fourth-order valence-corrected chi connectivity index (χ4v) is 2.87. The summed E-state index contributed by atoms with van der Waals surface area (Å²) in [4.78, 5) is 18.5. The number of hydrogen-bond acceptors (Lipinski definition) is 4. The van der Waals surface area contributed by atoms with Crippen molar-refractivity contribution in [3.05, 3.63) is 71.8 Å². The maximum atomic E-state index is 12.4. The third-order valence-electron chi connectivity index (χ3n) is 4.08. The van der Waals surface area contributed by atoms with Gasteiger partial charge in [-0.15, -0.1) is 0 Å². The Hall–Kier alpha value is -3.15. The Bertz CT molecular complexity index is 903. The number of pyridine rings is 1. The van der Waals surface area contributed by atoms with Crippen LogP contribution in [-0.4, -0.2) is 32.7 Å². The minimum atomic E-state index is 0.0206. The van der Waals surface area contributed by atoms with Gasteiger partial charge in [0, 0.05) is 30.6 Å². The number of nitrogens with zero attached hydrogens (tertiary/aromatic N) is 4. The molecule has 24 heavy (non-hydrogen) atoms. The van der Waals surface area contributed by atoms with Gasteiger partial charge in [0.15, 0.2) is 0 Å². The van der Waals surface area contributed by atoms with Crippen molar-refractivity contribution in [1.29, 1.82) is 0 Å². The Morgan fingerprint density at radius 1 is 1.25 bits per heavy atom. The molecule has 0 bridgehead atoms. The lowest BCUT2D eigenvalue weighted by atomic mass is 10.2. The number of rotatable bonds is 4. The lowest BCUT2D eigenvalue weighted by Crippen LogP contribution is -2.23. The van der Waals surface area contributed by atoms with Crippen molar-refractivity contribution in [2.45, 2.75) is 13.1 Å². The summed E-state index contributed by atoms with van der Waals surface area (Å²) in [5, 5.41) is 4.39. The molecule has 1 aliphatic heterocycles. The van der Waals surface area contributed by atoms with Gasteiger partial charge < -0.3 is 9.64 Å². The second-order valence-corrected chi connectivity index (χ2v) is 5.65. The average molecular weight is 320 g/mol. The van der Waals surface area contributed by atoms with Crippen LogP contribution in [0.5, 0.6) is 5.75 Å². The molecule has 0 atom stereocenters. The molecule has 6 nitrogen and oxygen atoms in total. The Morgan fingerprint density at radius 3 is 3.00 bits per heavy atom. The summed E-state index contributed by atoms with van der Waals surface area (Å²) in [5.41, 5.74) is 3.41. The molecule has 1 aromatic carbocycles. The average Bonchev–Trinajstić information content (AvgIpc) is 3.21. The van der Waals surface area contributed by atoms with Crippen molar-refractivity contribution in [2.75, 3.05) is 7.11 Å². The molecule has 1 amide bonds. The van der Waals surface area contributed by atoms with Gasteiger partial charge in [-0.1, -0.05) is 6.07 Å². The van der Waals surface area contributed by atoms with Gasteiger partial charge in [0.25, 0.3) is 5.91 Å². The normalized spacial score (nSPS) is 13.2. The summed E-state index contributed by atoms with van der Waals surface area (Å²) in [6.07, 6.45) is 5.43. The van der Waals surface area contributed by atoms with E-state index in [2.05, 4.69) is 10.1 Å². The zero-order valence-corrected chi connectivity index (χ0v) is 13.2. The number of benzene rings is 1. The van der Waals surface area contributed by atoms with E-state index >= 15 is 0 Å². The Kier molecular flexibility index (Phi) is 3.49. The number of amides is 1. The lowest BCUT2D eigenvalue weighted by Gasteiger charge is -2.13. The third-order valence-corrected chi connectivity index (χ3v) is 4.08. The fraction of sp³-hybridized carbons (Fsp3) is 0.167. The molecule has 0 saturated heterocycles. The quantitative estimate of drug-likeness (QED) is 0.741. The predicted octanol–water partition coefficient (Wildman–Crippen LogP) is 2.43. The first-order valence-electron chi connectivity index (χ1n) is 7.66. The molecule has 0 saturated carbocycles. The Labute approximate surface area is 139 Å². The molecular weight excluding hydrogens is 304 g/mol. The van der Waals surface area contributed by atoms with Crippen molar-refractivity contribution in [1.82, 2.24) is 19.7 Å². The van der Waals surface area contributed by atoms with Crippen LogP contribution in [0.3, 0.4) is 0 Å². The van der Waals surface area contributed by atoms with Gasteiger partial charge in [-0.05, 0) is 24.3 Å². The van der Waals surface area contributed by atoms with Crippen LogP contribution in [0.1, 0.15) is 21.6 Å². The first-order chi connectivity index (χ1) is 11.7. The lowest BCUT2D eigenvalue weighted by molar-refractivity contribution is 0.0766. The van der Waals surface area contributed by atoms with E-state index in [0.29, 0.717) is 18.7 Å². The van der Waals surface area contributed by atoms with Gasteiger partial charge in [-0.25, -0.2) is 4.68 Å². The van der Waals surface area contributed by atoms with Crippen LogP contribution in [0.2, 0.25) is 0 Å². The van der Waals surface area contributed by atoms with E-state index in [9.17, 15) is 4.79 Å². The number of aromatic nitrogens is 3. The van der Waals surface area contributed by atoms with Crippen molar-refractivity contribution >= 4 is 5.91 Å². The molecule has 6 heteroatoms. The van der Waals surface area contributed by atoms with Crippen molar-refractivity contribution in [2.24, 2.45) is 0 Å². The number of hydrogen-bond donors (Lipinski definition) is 0. The van der Waals surface area contributed by atoms with Crippen LogP contribution < -0.4 is 4.74 Å². The van der Waals surface area contributed by atoms with E-state index in [1.165, 1.54) is 0 Å². The van der Waals surface area contributed by atoms with E-state index in [4.69, 9.17) is 4.74 Å². The maximum Gasteiger partial charge on any atom is 0.256 e.